The molecule has 192 valence electrons. The van der Waals surface area contributed by atoms with E-state index in [4.69, 9.17) is 4.74 Å². The minimum atomic E-state index is -0.948. The molecular weight excluding hydrogens is 480 g/mol. The molecule has 2 N–H and O–H groups in total. The molecule has 0 radical (unpaired) electrons. The van der Waals surface area contributed by atoms with Gasteiger partial charge in [0.05, 0.1) is 6.54 Å². The van der Waals surface area contributed by atoms with Crippen molar-refractivity contribution < 1.29 is 27.9 Å². The third-order valence-corrected chi connectivity index (χ3v) is 5.91. The summed E-state index contributed by atoms with van der Waals surface area (Å²) in [5.74, 6) is -1.40. The lowest BCUT2D eigenvalue weighted by molar-refractivity contribution is -0.126. The maximum Gasteiger partial charge on any atom is 0.411 e. The smallest absolute Gasteiger partial charge is 0.411 e. The molecule has 3 amide bonds. The highest BCUT2D eigenvalue weighted by Gasteiger charge is 2.46. The van der Waals surface area contributed by atoms with E-state index in [0.29, 0.717) is 28.9 Å². The van der Waals surface area contributed by atoms with Crippen molar-refractivity contribution in [3.63, 3.8) is 0 Å². The SMILES string of the molecule is CC(C)CNC(=O)[C@H]1[C@@H](c2ccc(NC(=O)c3ccc(F)cc3)cc2)OC(=O)N1Cc1ccc(F)cc1. The van der Waals surface area contributed by atoms with Gasteiger partial charge in [-0.1, -0.05) is 38.1 Å². The van der Waals surface area contributed by atoms with Crippen LogP contribution in [-0.2, 0) is 16.1 Å². The molecule has 3 aromatic rings. The third-order valence-electron chi connectivity index (χ3n) is 5.91. The fourth-order valence-electron chi connectivity index (χ4n) is 3.97. The zero-order chi connectivity index (χ0) is 26.5. The number of nitrogens with zero attached hydrogens (tertiary/aromatic N) is 1. The van der Waals surface area contributed by atoms with Gasteiger partial charge in [0.1, 0.15) is 11.6 Å². The Hall–Kier alpha value is -4.27. The number of amides is 3. The van der Waals surface area contributed by atoms with Gasteiger partial charge in [-0.3, -0.25) is 14.5 Å². The zero-order valence-electron chi connectivity index (χ0n) is 20.4. The van der Waals surface area contributed by atoms with Crippen LogP contribution in [0.3, 0.4) is 0 Å². The topological polar surface area (TPSA) is 87.7 Å². The average Bonchev–Trinajstić information content (AvgIpc) is 3.20. The number of nitrogens with one attached hydrogen (secondary N) is 2. The molecule has 0 aliphatic carbocycles. The monoisotopic (exact) mass is 507 g/mol. The summed E-state index contributed by atoms with van der Waals surface area (Å²) in [6, 6.07) is 16.5. The van der Waals surface area contributed by atoms with Crippen molar-refractivity contribution in [1.82, 2.24) is 10.2 Å². The maximum absolute atomic E-state index is 13.4. The summed E-state index contributed by atoms with van der Waals surface area (Å²) in [5.41, 5.74) is 2.00. The molecule has 2 atom stereocenters. The predicted octanol–water partition coefficient (Wildman–Crippen LogP) is 5.05. The van der Waals surface area contributed by atoms with Gasteiger partial charge in [0.15, 0.2) is 12.1 Å². The van der Waals surface area contributed by atoms with E-state index in [2.05, 4.69) is 10.6 Å². The van der Waals surface area contributed by atoms with Crippen molar-refractivity contribution >= 4 is 23.6 Å². The molecule has 37 heavy (non-hydrogen) atoms. The van der Waals surface area contributed by atoms with Crippen LogP contribution in [0.4, 0.5) is 19.3 Å². The molecule has 7 nitrogen and oxygen atoms in total. The highest BCUT2D eigenvalue weighted by atomic mass is 19.1. The van der Waals surface area contributed by atoms with Crippen LogP contribution in [0.2, 0.25) is 0 Å². The van der Waals surface area contributed by atoms with Crippen LogP contribution in [0.15, 0.2) is 72.8 Å². The fraction of sp³-hybridized carbons (Fsp3) is 0.250. The average molecular weight is 508 g/mol. The largest absolute Gasteiger partial charge is 0.438 e. The van der Waals surface area contributed by atoms with Gasteiger partial charge in [-0.05, 0) is 65.6 Å². The Morgan fingerprint density at radius 2 is 1.51 bits per heavy atom. The second-order valence-corrected chi connectivity index (χ2v) is 9.23. The highest BCUT2D eigenvalue weighted by molar-refractivity contribution is 6.04. The summed E-state index contributed by atoms with van der Waals surface area (Å²) in [6.45, 7) is 4.42. The number of hydrogen-bond acceptors (Lipinski definition) is 4. The van der Waals surface area contributed by atoms with E-state index in [1.807, 2.05) is 13.8 Å². The van der Waals surface area contributed by atoms with Crippen LogP contribution in [0.1, 0.15) is 41.4 Å². The van der Waals surface area contributed by atoms with Crippen molar-refractivity contribution in [2.45, 2.75) is 32.5 Å². The molecule has 4 rings (SSSR count). The van der Waals surface area contributed by atoms with Gasteiger partial charge in [-0.15, -0.1) is 0 Å². The minimum Gasteiger partial charge on any atom is -0.438 e. The number of carbonyl (C=O) groups excluding carboxylic acids is 3. The molecule has 9 heteroatoms. The van der Waals surface area contributed by atoms with Gasteiger partial charge in [0.25, 0.3) is 5.91 Å². The van der Waals surface area contributed by atoms with Crippen LogP contribution >= 0.6 is 0 Å². The van der Waals surface area contributed by atoms with Crippen molar-refractivity contribution in [3.05, 3.63) is 101 Å². The Labute approximate surface area is 213 Å². The summed E-state index contributed by atoms with van der Waals surface area (Å²) >= 11 is 0. The van der Waals surface area contributed by atoms with Crippen molar-refractivity contribution in [2.75, 3.05) is 11.9 Å². The molecule has 0 aromatic heterocycles. The van der Waals surface area contributed by atoms with E-state index >= 15 is 0 Å². The molecule has 3 aromatic carbocycles. The third kappa shape index (κ3) is 6.30. The number of rotatable bonds is 8. The summed E-state index contributed by atoms with van der Waals surface area (Å²) in [4.78, 5) is 39.8. The summed E-state index contributed by atoms with van der Waals surface area (Å²) in [7, 11) is 0. The second kappa shape index (κ2) is 11.2. The van der Waals surface area contributed by atoms with Crippen LogP contribution in [0, 0.1) is 17.6 Å². The van der Waals surface area contributed by atoms with E-state index in [1.54, 1.807) is 36.4 Å². The number of hydrogen-bond donors (Lipinski definition) is 2. The van der Waals surface area contributed by atoms with Gasteiger partial charge in [-0.25, -0.2) is 13.6 Å². The molecule has 0 unspecified atom stereocenters. The molecule has 1 aliphatic rings. The van der Waals surface area contributed by atoms with Crippen molar-refractivity contribution in [1.29, 1.82) is 0 Å². The standard InChI is InChI=1S/C28H27F2N3O4/c1-17(2)15-31-27(35)24-25(37-28(36)33(24)16-18-3-9-21(29)10-4-18)19-7-13-23(14-8-19)32-26(34)20-5-11-22(30)12-6-20/h3-14,17,24-25H,15-16H2,1-2H3,(H,31,35)(H,32,34)/t24-,25-/m1/s1. The van der Waals surface area contributed by atoms with Gasteiger partial charge in [-0.2, -0.15) is 0 Å². The lowest BCUT2D eigenvalue weighted by Crippen LogP contribution is -2.47. The second-order valence-electron chi connectivity index (χ2n) is 9.23. The molecule has 0 saturated carbocycles. The van der Waals surface area contributed by atoms with E-state index in [1.165, 1.54) is 41.3 Å². The van der Waals surface area contributed by atoms with Gasteiger partial charge in [0, 0.05) is 17.8 Å². The Morgan fingerprint density at radius 1 is 0.919 bits per heavy atom. The van der Waals surface area contributed by atoms with Crippen LogP contribution in [-0.4, -0.2) is 35.4 Å². The molecule has 1 saturated heterocycles. The Balaban J connectivity index is 1.54. The number of benzene rings is 3. The Kier molecular flexibility index (Phi) is 7.81. The maximum atomic E-state index is 13.4. The lowest BCUT2D eigenvalue weighted by Gasteiger charge is -2.24. The van der Waals surface area contributed by atoms with E-state index in [0.717, 1.165) is 0 Å². The summed E-state index contributed by atoms with van der Waals surface area (Å²) < 4.78 is 32.1. The summed E-state index contributed by atoms with van der Waals surface area (Å²) in [5, 5.41) is 5.60. The van der Waals surface area contributed by atoms with E-state index in [-0.39, 0.29) is 18.4 Å². The van der Waals surface area contributed by atoms with Crippen LogP contribution in [0.25, 0.3) is 0 Å². The quantitative estimate of drug-likeness (QED) is 0.447. The molecule has 0 spiro atoms. The molecule has 1 heterocycles. The first kappa shape index (κ1) is 25.8. The Morgan fingerprint density at radius 3 is 2.11 bits per heavy atom. The molecular formula is C28H27F2N3O4. The van der Waals surface area contributed by atoms with Gasteiger partial charge < -0.3 is 15.4 Å². The van der Waals surface area contributed by atoms with Gasteiger partial charge in [0.2, 0.25) is 5.91 Å². The van der Waals surface area contributed by atoms with Crippen molar-refractivity contribution in [2.24, 2.45) is 5.92 Å². The molecule has 0 bridgehead atoms. The van der Waals surface area contributed by atoms with Crippen molar-refractivity contribution in [3.8, 4) is 0 Å². The number of carbonyl (C=O) groups is 3. The first-order chi connectivity index (χ1) is 17.7. The highest BCUT2D eigenvalue weighted by Crippen LogP contribution is 2.34. The number of ether oxygens (including phenoxy) is 1. The molecule has 1 fully saturated rings. The van der Waals surface area contributed by atoms with Gasteiger partial charge >= 0.3 is 6.09 Å². The van der Waals surface area contributed by atoms with E-state index < -0.39 is 35.8 Å². The summed E-state index contributed by atoms with van der Waals surface area (Å²) in [6.07, 6.45) is -1.55. The Bertz CT molecular complexity index is 1260. The lowest BCUT2D eigenvalue weighted by atomic mass is 10.00. The predicted molar refractivity (Wildman–Crippen MR) is 134 cm³/mol. The number of anilines is 1. The van der Waals surface area contributed by atoms with E-state index in [9.17, 15) is 23.2 Å². The zero-order valence-corrected chi connectivity index (χ0v) is 20.4. The van der Waals surface area contributed by atoms with Crippen LogP contribution in [0.5, 0.6) is 0 Å². The first-order valence-electron chi connectivity index (χ1n) is 11.9. The normalized spacial score (nSPS) is 17.0. The molecule has 1 aliphatic heterocycles. The first-order valence-corrected chi connectivity index (χ1v) is 11.9. The van der Waals surface area contributed by atoms with Crippen LogP contribution < -0.4 is 10.6 Å². The number of cyclic esters (lactones) is 1. The fourth-order valence-corrected chi connectivity index (χ4v) is 3.97. The minimum absolute atomic E-state index is 0.0706. The number of halogens is 2.